The molecule has 2 aromatic carbocycles. The minimum atomic E-state index is -0.794. The topological polar surface area (TPSA) is 77.0 Å². The van der Waals surface area contributed by atoms with Gasteiger partial charge in [-0.2, -0.15) is 0 Å². The van der Waals surface area contributed by atoms with E-state index in [4.69, 9.17) is 14.2 Å². The number of carbonyl (C=O) groups is 1. The third kappa shape index (κ3) is 4.05. The fourth-order valence-electron chi connectivity index (χ4n) is 2.63. The summed E-state index contributed by atoms with van der Waals surface area (Å²) < 4.78 is 16.2. The van der Waals surface area contributed by atoms with Crippen LogP contribution in [-0.2, 0) is 0 Å². The molecule has 3 aromatic rings. The van der Waals surface area contributed by atoms with E-state index in [9.17, 15) is 9.90 Å². The van der Waals surface area contributed by atoms with Crippen LogP contribution in [0.4, 0.5) is 5.69 Å². The Balaban J connectivity index is 1.32. The van der Waals surface area contributed by atoms with Crippen molar-refractivity contribution in [1.29, 1.82) is 0 Å². The van der Waals surface area contributed by atoms with Crippen molar-refractivity contribution in [2.24, 2.45) is 0 Å². The highest BCUT2D eigenvalue weighted by Crippen LogP contribution is 2.34. The van der Waals surface area contributed by atoms with E-state index in [1.54, 1.807) is 48.5 Å². The minimum Gasteiger partial charge on any atom is -0.491 e. The Hall–Kier alpha value is -3.03. The first-order valence-corrected chi connectivity index (χ1v) is 9.22. The maximum Gasteiger partial charge on any atom is 0.265 e. The van der Waals surface area contributed by atoms with Crippen molar-refractivity contribution < 1.29 is 24.1 Å². The van der Waals surface area contributed by atoms with E-state index in [1.165, 1.54) is 11.3 Å². The third-order valence-electron chi connectivity index (χ3n) is 4.05. The fourth-order valence-corrected chi connectivity index (χ4v) is 3.25. The smallest absolute Gasteiger partial charge is 0.265 e. The lowest BCUT2D eigenvalue weighted by Crippen LogP contribution is -2.11. The van der Waals surface area contributed by atoms with Gasteiger partial charge in [0, 0.05) is 5.69 Å². The molecule has 0 spiro atoms. The van der Waals surface area contributed by atoms with Crippen molar-refractivity contribution in [3.05, 3.63) is 70.4 Å². The third-order valence-corrected chi connectivity index (χ3v) is 4.92. The highest BCUT2D eigenvalue weighted by atomic mass is 32.1. The van der Waals surface area contributed by atoms with Gasteiger partial charge in [0.2, 0.25) is 6.79 Å². The molecule has 0 aliphatic carbocycles. The Morgan fingerprint density at radius 1 is 1.15 bits per heavy atom. The number of amides is 1. The summed E-state index contributed by atoms with van der Waals surface area (Å²) in [7, 11) is 0. The molecule has 0 saturated heterocycles. The predicted octanol–water partition coefficient (Wildman–Crippen LogP) is 3.84. The van der Waals surface area contributed by atoms with Gasteiger partial charge in [0.1, 0.15) is 18.5 Å². The summed E-state index contributed by atoms with van der Waals surface area (Å²) >= 11 is 1.39. The van der Waals surface area contributed by atoms with Crippen molar-refractivity contribution in [2.75, 3.05) is 18.7 Å². The Morgan fingerprint density at radius 2 is 1.96 bits per heavy atom. The van der Waals surface area contributed by atoms with Gasteiger partial charge in [0.15, 0.2) is 11.5 Å². The van der Waals surface area contributed by atoms with E-state index in [1.807, 2.05) is 11.4 Å². The molecule has 1 atom stereocenters. The summed E-state index contributed by atoms with van der Waals surface area (Å²) in [6.07, 6.45) is -0.794. The van der Waals surface area contributed by atoms with Gasteiger partial charge in [-0.3, -0.25) is 4.79 Å². The Morgan fingerprint density at radius 3 is 2.74 bits per heavy atom. The Bertz CT molecular complexity index is 924. The molecule has 0 fully saturated rings. The van der Waals surface area contributed by atoms with Gasteiger partial charge in [-0.25, -0.2) is 0 Å². The van der Waals surface area contributed by atoms with Gasteiger partial charge >= 0.3 is 0 Å². The normalized spacial score (nSPS) is 13.2. The lowest BCUT2D eigenvalue weighted by atomic mass is 10.1. The van der Waals surface area contributed by atoms with Gasteiger partial charge in [0.05, 0.1) is 4.88 Å². The van der Waals surface area contributed by atoms with Crippen LogP contribution in [0.3, 0.4) is 0 Å². The predicted molar refractivity (Wildman–Crippen MR) is 102 cm³/mol. The van der Waals surface area contributed by atoms with Crippen LogP contribution in [-0.4, -0.2) is 24.4 Å². The number of hydrogen-bond acceptors (Lipinski definition) is 6. The second kappa shape index (κ2) is 7.69. The molecule has 2 N–H and O–H groups in total. The maximum atomic E-state index is 12.0. The molecule has 2 heterocycles. The number of nitrogens with one attached hydrogen (secondary N) is 1. The summed E-state index contributed by atoms with van der Waals surface area (Å²) in [5, 5.41) is 15.0. The summed E-state index contributed by atoms with van der Waals surface area (Å²) in [5.74, 6) is 1.75. The van der Waals surface area contributed by atoms with Crippen LogP contribution >= 0.6 is 11.3 Å². The van der Waals surface area contributed by atoms with Crippen LogP contribution in [0, 0.1) is 0 Å². The second-order valence-electron chi connectivity index (χ2n) is 5.90. The van der Waals surface area contributed by atoms with Crippen LogP contribution < -0.4 is 19.5 Å². The van der Waals surface area contributed by atoms with E-state index in [0.717, 1.165) is 0 Å². The number of thiophene rings is 1. The number of aliphatic hydroxyl groups excluding tert-OH is 1. The van der Waals surface area contributed by atoms with Crippen molar-refractivity contribution in [2.45, 2.75) is 6.10 Å². The van der Waals surface area contributed by atoms with E-state index < -0.39 is 6.10 Å². The number of ether oxygens (including phenoxy) is 3. The molecule has 1 aliphatic rings. The van der Waals surface area contributed by atoms with Crippen LogP contribution in [0.5, 0.6) is 17.2 Å². The number of fused-ring (bicyclic) bond motifs is 1. The summed E-state index contributed by atoms with van der Waals surface area (Å²) in [6.45, 7) is 0.293. The van der Waals surface area contributed by atoms with Gasteiger partial charge < -0.3 is 24.6 Å². The molecule has 7 heteroatoms. The molecule has 138 valence electrons. The minimum absolute atomic E-state index is 0.0978. The van der Waals surface area contributed by atoms with Gasteiger partial charge in [-0.05, 0) is 53.4 Å². The summed E-state index contributed by atoms with van der Waals surface area (Å²) in [4.78, 5) is 12.7. The number of aliphatic hydroxyl groups is 1. The average Bonchev–Trinajstić information content (AvgIpc) is 3.38. The SMILES string of the molecule is O=C(Nc1ccc(OC[C@H](O)c2ccc3c(c2)OCO3)cc1)c1cccs1. The lowest BCUT2D eigenvalue weighted by Gasteiger charge is -2.13. The van der Waals surface area contributed by atoms with Gasteiger partial charge in [0.25, 0.3) is 5.91 Å². The molecule has 0 bridgehead atoms. The molecular weight excluding hydrogens is 366 g/mol. The van der Waals surface area contributed by atoms with Crippen molar-refractivity contribution >= 4 is 22.9 Å². The van der Waals surface area contributed by atoms with Crippen molar-refractivity contribution in [1.82, 2.24) is 0 Å². The zero-order chi connectivity index (χ0) is 18.6. The van der Waals surface area contributed by atoms with Crippen molar-refractivity contribution in [3.8, 4) is 17.2 Å². The second-order valence-corrected chi connectivity index (χ2v) is 6.84. The number of anilines is 1. The standard InChI is InChI=1S/C20H17NO5S/c22-16(13-3-8-17-18(10-13)26-12-25-17)11-24-15-6-4-14(5-7-15)21-20(23)19-2-1-9-27-19/h1-10,16,22H,11-12H2,(H,21,23)/t16-/m0/s1. The number of rotatable bonds is 6. The molecule has 0 unspecified atom stereocenters. The van der Waals surface area contributed by atoms with E-state index in [2.05, 4.69) is 5.32 Å². The largest absolute Gasteiger partial charge is 0.491 e. The summed E-state index contributed by atoms with van der Waals surface area (Å²) in [6, 6.07) is 15.9. The van der Waals surface area contributed by atoms with E-state index in [0.29, 0.717) is 33.4 Å². The zero-order valence-electron chi connectivity index (χ0n) is 14.3. The molecule has 1 aromatic heterocycles. The van der Waals surface area contributed by atoms with Gasteiger partial charge in [-0.15, -0.1) is 11.3 Å². The molecule has 1 aliphatic heterocycles. The quantitative estimate of drug-likeness (QED) is 0.676. The maximum absolute atomic E-state index is 12.0. The van der Waals surface area contributed by atoms with Crippen LogP contribution in [0.1, 0.15) is 21.3 Å². The van der Waals surface area contributed by atoms with E-state index in [-0.39, 0.29) is 19.3 Å². The molecule has 0 saturated carbocycles. The monoisotopic (exact) mass is 383 g/mol. The Kier molecular flexibility index (Phi) is 4.95. The molecular formula is C20H17NO5S. The number of benzene rings is 2. The molecule has 4 rings (SSSR count). The van der Waals surface area contributed by atoms with Crippen LogP contribution in [0.25, 0.3) is 0 Å². The van der Waals surface area contributed by atoms with Gasteiger partial charge in [-0.1, -0.05) is 12.1 Å². The molecule has 6 nitrogen and oxygen atoms in total. The molecule has 0 radical (unpaired) electrons. The highest BCUT2D eigenvalue weighted by Gasteiger charge is 2.17. The first kappa shape index (κ1) is 17.4. The molecule has 27 heavy (non-hydrogen) atoms. The number of hydrogen-bond donors (Lipinski definition) is 2. The van der Waals surface area contributed by atoms with E-state index >= 15 is 0 Å². The lowest BCUT2D eigenvalue weighted by molar-refractivity contribution is 0.103. The van der Waals surface area contributed by atoms with Crippen LogP contribution in [0.15, 0.2) is 60.0 Å². The fraction of sp³-hybridized carbons (Fsp3) is 0.150. The zero-order valence-corrected chi connectivity index (χ0v) is 15.1. The number of carbonyl (C=O) groups excluding carboxylic acids is 1. The molecule has 1 amide bonds. The first-order chi connectivity index (χ1) is 13.2. The first-order valence-electron chi connectivity index (χ1n) is 8.34. The average molecular weight is 383 g/mol. The summed E-state index contributed by atoms with van der Waals surface area (Å²) in [5.41, 5.74) is 1.37. The highest BCUT2D eigenvalue weighted by molar-refractivity contribution is 7.12. The Labute approximate surface area is 159 Å². The van der Waals surface area contributed by atoms with Crippen molar-refractivity contribution in [3.63, 3.8) is 0 Å². The van der Waals surface area contributed by atoms with Crippen LogP contribution in [0.2, 0.25) is 0 Å².